The van der Waals surface area contributed by atoms with Gasteiger partial charge in [-0.3, -0.25) is 14.9 Å². The van der Waals surface area contributed by atoms with Crippen LogP contribution in [-0.4, -0.2) is 30.1 Å². The lowest BCUT2D eigenvalue weighted by Gasteiger charge is -2.06. The van der Waals surface area contributed by atoms with Crippen LogP contribution in [0.5, 0.6) is 11.5 Å². The topological polar surface area (TPSA) is 133 Å². The van der Waals surface area contributed by atoms with Gasteiger partial charge in [0, 0.05) is 17.7 Å². The number of methoxy groups -OCH3 is 1. The zero-order valence-electron chi connectivity index (χ0n) is 16.8. The second-order valence-corrected chi connectivity index (χ2v) is 6.16. The number of nitrogens with zero attached hydrogens (tertiary/aromatic N) is 2. The van der Waals surface area contributed by atoms with Gasteiger partial charge in [0.1, 0.15) is 5.75 Å². The number of hydrogen-bond acceptors (Lipinski definition) is 8. The van der Waals surface area contributed by atoms with Crippen LogP contribution in [-0.2, 0) is 4.79 Å². The molecule has 0 aliphatic rings. The third kappa shape index (κ3) is 5.66. The van der Waals surface area contributed by atoms with Crippen LogP contribution in [0, 0.1) is 10.1 Å². The van der Waals surface area contributed by atoms with Crippen molar-refractivity contribution in [1.82, 2.24) is 5.43 Å². The monoisotopic (exact) mass is 435 g/mol. The molecule has 0 atom stereocenters. The molecule has 10 heteroatoms. The summed E-state index contributed by atoms with van der Waals surface area (Å²) in [7, 11) is 1.54. The minimum absolute atomic E-state index is 0.0384. The number of nitro groups is 1. The number of ether oxygens (including phenoxy) is 2. The van der Waals surface area contributed by atoms with Crippen LogP contribution < -0.4 is 14.9 Å². The van der Waals surface area contributed by atoms with Gasteiger partial charge in [0.05, 0.1) is 24.5 Å². The highest BCUT2D eigenvalue weighted by molar-refractivity contribution is 5.94. The maximum absolute atomic E-state index is 12.3. The first-order chi connectivity index (χ1) is 15.5. The molecule has 3 rings (SSSR count). The number of carbonyl (C=O) groups excluding carboxylic acids is 2. The Bertz CT molecular complexity index is 1170. The summed E-state index contributed by atoms with van der Waals surface area (Å²) in [5.74, 6) is -1.05. The summed E-state index contributed by atoms with van der Waals surface area (Å²) in [6.45, 7) is 0. The average Bonchev–Trinajstić information content (AvgIpc) is 3.34. The van der Waals surface area contributed by atoms with Gasteiger partial charge in [-0.05, 0) is 42.0 Å². The molecule has 1 aromatic heterocycles. The second kappa shape index (κ2) is 10.3. The van der Waals surface area contributed by atoms with Gasteiger partial charge in [0.15, 0.2) is 5.76 Å². The van der Waals surface area contributed by atoms with E-state index in [9.17, 15) is 19.7 Å². The Labute approximate surface area is 181 Å². The number of esters is 1. The molecule has 3 aromatic rings. The number of nitrogens with one attached hydrogen (secondary N) is 1. The van der Waals surface area contributed by atoms with Crippen LogP contribution in [0.25, 0.3) is 6.08 Å². The smallest absolute Gasteiger partial charge is 0.336 e. The van der Waals surface area contributed by atoms with Crippen molar-refractivity contribution in [1.29, 1.82) is 0 Å². The van der Waals surface area contributed by atoms with Crippen LogP contribution in [0.2, 0.25) is 0 Å². The summed E-state index contributed by atoms with van der Waals surface area (Å²) in [6, 6.07) is 13.9. The molecule has 0 spiro atoms. The number of benzene rings is 2. The predicted octanol–water partition coefficient (Wildman–Crippen LogP) is 3.58. The molecule has 1 amide bonds. The molecule has 1 N–H and O–H groups in total. The Hall–Kier alpha value is -4.73. The van der Waals surface area contributed by atoms with E-state index in [0.29, 0.717) is 11.3 Å². The summed E-state index contributed by atoms with van der Waals surface area (Å²) < 4.78 is 15.2. The normalized spacial score (nSPS) is 10.9. The molecule has 0 saturated heterocycles. The summed E-state index contributed by atoms with van der Waals surface area (Å²) in [4.78, 5) is 34.9. The fraction of sp³-hybridized carbons (Fsp3) is 0.0455. The lowest BCUT2D eigenvalue weighted by molar-refractivity contribution is -0.385. The van der Waals surface area contributed by atoms with Gasteiger partial charge < -0.3 is 13.9 Å². The van der Waals surface area contributed by atoms with Gasteiger partial charge in [0.25, 0.3) is 0 Å². The molecule has 32 heavy (non-hydrogen) atoms. The Balaban J connectivity index is 1.76. The summed E-state index contributed by atoms with van der Waals surface area (Å²) in [6.07, 6.45) is 5.09. The Morgan fingerprint density at radius 3 is 2.56 bits per heavy atom. The van der Waals surface area contributed by atoms with Crippen LogP contribution in [0.4, 0.5) is 5.69 Å². The van der Waals surface area contributed by atoms with Crippen LogP contribution in [0.15, 0.2) is 76.5 Å². The lowest BCUT2D eigenvalue weighted by atomic mass is 10.2. The number of furan rings is 1. The molecule has 2 aromatic carbocycles. The van der Waals surface area contributed by atoms with Crippen LogP contribution in [0.1, 0.15) is 21.7 Å². The third-order valence-electron chi connectivity index (χ3n) is 4.07. The number of nitro benzene ring substituents is 1. The fourth-order valence-electron chi connectivity index (χ4n) is 2.54. The van der Waals surface area contributed by atoms with Gasteiger partial charge >= 0.3 is 17.6 Å². The highest BCUT2D eigenvalue weighted by Gasteiger charge is 2.20. The van der Waals surface area contributed by atoms with Crippen molar-refractivity contribution in [2.75, 3.05) is 7.11 Å². The standard InChI is InChI=1S/C22H17N3O7/c1-30-17-10-7-15(8-11-17)9-12-20(26)32-21-16(4-2-5-18(21)25(28)29)14-23-24-22(27)19-6-3-13-31-19/h2-14H,1H3,(H,24,27)/b12-9+,23-14+. The largest absolute Gasteiger partial charge is 0.497 e. The van der Waals surface area contributed by atoms with E-state index >= 15 is 0 Å². The van der Waals surface area contributed by atoms with Crippen molar-refractivity contribution in [2.24, 2.45) is 5.10 Å². The van der Waals surface area contributed by atoms with E-state index in [0.717, 1.165) is 12.3 Å². The number of para-hydroxylation sites is 1. The molecule has 10 nitrogen and oxygen atoms in total. The number of amides is 1. The van der Waals surface area contributed by atoms with Crippen molar-refractivity contribution in [2.45, 2.75) is 0 Å². The molecule has 0 unspecified atom stereocenters. The summed E-state index contributed by atoms with van der Waals surface area (Å²) in [5.41, 5.74) is 2.61. The zero-order chi connectivity index (χ0) is 22.9. The SMILES string of the molecule is COc1ccc(/C=C/C(=O)Oc2c(/C=N/NC(=O)c3ccco3)cccc2[N+](=O)[O-])cc1. The summed E-state index contributed by atoms with van der Waals surface area (Å²) >= 11 is 0. The third-order valence-corrected chi connectivity index (χ3v) is 4.07. The van der Waals surface area contributed by atoms with E-state index in [1.54, 1.807) is 24.3 Å². The van der Waals surface area contributed by atoms with Crippen molar-refractivity contribution < 1.29 is 28.4 Å². The van der Waals surface area contributed by atoms with Gasteiger partial charge in [0.2, 0.25) is 5.75 Å². The highest BCUT2D eigenvalue weighted by Crippen LogP contribution is 2.30. The maximum Gasteiger partial charge on any atom is 0.336 e. The van der Waals surface area contributed by atoms with E-state index in [1.165, 1.54) is 49.8 Å². The number of hydrazone groups is 1. The lowest BCUT2D eigenvalue weighted by Crippen LogP contribution is -2.17. The number of carbonyl (C=O) groups is 2. The van der Waals surface area contributed by atoms with Crippen molar-refractivity contribution in [3.63, 3.8) is 0 Å². The van der Waals surface area contributed by atoms with Gasteiger partial charge in [-0.1, -0.05) is 18.2 Å². The molecular formula is C22H17N3O7. The predicted molar refractivity (Wildman–Crippen MR) is 115 cm³/mol. The van der Waals surface area contributed by atoms with E-state index in [2.05, 4.69) is 10.5 Å². The van der Waals surface area contributed by atoms with Gasteiger partial charge in [-0.25, -0.2) is 10.2 Å². The van der Waals surface area contributed by atoms with Crippen LogP contribution >= 0.6 is 0 Å². The maximum atomic E-state index is 12.3. The Morgan fingerprint density at radius 1 is 1.12 bits per heavy atom. The summed E-state index contributed by atoms with van der Waals surface area (Å²) in [5, 5.41) is 15.1. The first-order valence-electron chi connectivity index (χ1n) is 9.16. The fourth-order valence-corrected chi connectivity index (χ4v) is 2.54. The Morgan fingerprint density at radius 2 is 1.91 bits per heavy atom. The minimum atomic E-state index is -0.829. The Kier molecular flexibility index (Phi) is 7.10. The van der Waals surface area contributed by atoms with Gasteiger partial charge in [-0.15, -0.1) is 0 Å². The molecule has 0 saturated carbocycles. The highest BCUT2D eigenvalue weighted by atomic mass is 16.6. The molecule has 1 heterocycles. The van der Waals surface area contributed by atoms with E-state index in [4.69, 9.17) is 13.9 Å². The van der Waals surface area contributed by atoms with E-state index in [-0.39, 0.29) is 17.1 Å². The second-order valence-electron chi connectivity index (χ2n) is 6.16. The van der Waals surface area contributed by atoms with Crippen molar-refractivity contribution in [3.8, 4) is 11.5 Å². The molecular weight excluding hydrogens is 418 g/mol. The first-order valence-corrected chi connectivity index (χ1v) is 9.16. The zero-order valence-corrected chi connectivity index (χ0v) is 16.8. The molecule has 0 aliphatic heterocycles. The van der Waals surface area contributed by atoms with Crippen LogP contribution in [0.3, 0.4) is 0 Å². The van der Waals surface area contributed by atoms with E-state index in [1.807, 2.05) is 0 Å². The quantitative estimate of drug-likeness (QED) is 0.143. The average molecular weight is 435 g/mol. The van der Waals surface area contributed by atoms with Crippen molar-refractivity contribution in [3.05, 3.63) is 93.9 Å². The molecule has 0 fully saturated rings. The number of hydrogen-bond donors (Lipinski definition) is 1. The molecule has 0 bridgehead atoms. The minimum Gasteiger partial charge on any atom is -0.497 e. The molecule has 162 valence electrons. The first kappa shape index (κ1) is 22.0. The number of rotatable bonds is 8. The van der Waals surface area contributed by atoms with Crippen molar-refractivity contribution >= 4 is 29.9 Å². The molecule has 0 radical (unpaired) electrons. The van der Waals surface area contributed by atoms with E-state index < -0.39 is 22.5 Å². The molecule has 0 aliphatic carbocycles. The van der Waals surface area contributed by atoms with Gasteiger partial charge in [-0.2, -0.15) is 5.10 Å².